The fraction of sp³-hybridized carbons (Fsp3) is 0.125. The molecule has 0 saturated heterocycles. The number of nitro groups is 1. The van der Waals surface area contributed by atoms with Crippen molar-refractivity contribution in [2.24, 2.45) is 0 Å². The van der Waals surface area contributed by atoms with Gasteiger partial charge >= 0.3 is 12.0 Å². The van der Waals surface area contributed by atoms with Crippen molar-refractivity contribution in [1.29, 1.82) is 0 Å². The molecule has 0 fully saturated rings. The van der Waals surface area contributed by atoms with Crippen molar-refractivity contribution < 1.29 is 22.8 Å². The molecular weight excluding hydrogens is 215 g/mol. The van der Waals surface area contributed by atoms with Crippen LogP contribution in [0.2, 0.25) is 0 Å². The lowest BCUT2D eigenvalue weighted by molar-refractivity contribution is -0.388. The van der Waals surface area contributed by atoms with Gasteiger partial charge in [-0.05, 0) is 6.92 Å². The molecule has 0 unspecified atom stereocenters. The van der Waals surface area contributed by atoms with Crippen molar-refractivity contribution in [1.82, 2.24) is 0 Å². The molecule has 4 nitrogen and oxygen atoms in total. The van der Waals surface area contributed by atoms with Gasteiger partial charge < -0.3 is 4.74 Å². The van der Waals surface area contributed by atoms with E-state index in [1.165, 1.54) is 12.1 Å². The van der Waals surface area contributed by atoms with E-state index in [-0.39, 0.29) is 5.56 Å². The van der Waals surface area contributed by atoms with E-state index in [0.717, 1.165) is 6.07 Å². The Kier molecular flexibility index (Phi) is 2.83. The van der Waals surface area contributed by atoms with Crippen LogP contribution >= 0.6 is 0 Å². The second-order valence-corrected chi connectivity index (χ2v) is 2.57. The summed E-state index contributed by atoms with van der Waals surface area (Å²) in [6, 6.07) is 3.33. The van der Waals surface area contributed by atoms with Crippen LogP contribution in [0.15, 0.2) is 18.2 Å². The van der Waals surface area contributed by atoms with Gasteiger partial charge in [0.15, 0.2) is 0 Å². The van der Waals surface area contributed by atoms with Crippen LogP contribution in [0.25, 0.3) is 0 Å². The Balaban J connectivity index is 3.19. The normalized spacial score (nSPS) is 11.2. The standard InChI is InChI=1S/C8H5F3NO3/c1-5-3-2-4-6(12(13)14)7(5)15-8(9,10)11/h2-4H,1H2. The van der Waals surface area contributed by atoms with Crippen molar-refractivity contribution in [3.05, 3.63) is 40.8 Å². The van der Waals surface area contributed by atoms with Crippen molar-refractivity contribution >= 4 is 5.69 Å². The Morgan fingerprint density at radius 3 is 2.47 bits per heavy atom. The summed E-state index contributed by atoms with van der Waals surface area (Å²) in [6.45, 7) is 3.22. The summed E-state index contributed by atoms with van der Waals surface area (Å²) in [6.07, 6.45) is -4.97. The maximum atomic E-state index is 11.9. The van der Waals surface area contributed by atoms with E-state index < -0.39 is 22.7 Å². The molecule has 0 heterocycles. The van der Waals surface area contributed by atoms with E-state index in [0.29, 0.717) is 0 Å². The van der Waals surface area contributed by atoms with Crippen LogP contribution in [0.4, 0.5) is 18.9 Å². The Hall–Kier alpha value is -1.79. The minimum atomic E-state index is -4.97. The molecule has 1 aromatic carbocycles. The first-order valence-electron chi connectivity index (χ1n) is 3.66. The number of alkyl halides is 3. The van der Waals surface area contributed by atoms with Gasteiger partial charge in [0.25, 0.3) is 0 Å². The molecule has 81 valence electrons. The van der Waals surface area contributed by atoms with Crippen molar-refractivity contribution in [3.8, 4) is 5.75 Å². The first-order chi connectivity index (χ1) is 6.81. The lowest BCUT2D eigenvalue weighted by atomic mass is 10.2. The summed E-state index contributed by atoms with van der Waals surface area (Å²) in [5.41, 5.74) is -0.957. The molecule has 0 amide bonds. The van der Waals surface area contributed by atoms with Gasteiger partial charge in [-0.2, -0.15) is 0 Å². The van der Waals surface area contributed by atoms with Gasteiger partial charge in [-0.15, -0.1) is 13.2 Å². The van der Waals surface area contributed by atoms with E-state index in [9.17, 15) is 23.3 Å². The van der Waals surface area contributed by atoms with E-state index in [2.05, 4.69) is 11.7 Å². The molecule has 0 aliphatic rings. The summed E-state index contributed by atoms with van der Waals surface area (Å²) < 4.78 is 39.2. The second kappa shape index (κ2) is 3.76. The third-order valence-corrected chi connectivity index (χ3v) is 1.49. The summed E-state index contributed by atoms with van der Waals surface area (Å²) in [7, 11) is 0. The number of nitrogens with zero attached hydrogens (tertiary/aromatic N) is 1. The van der Waals surface area contributed by atoms with Gasteiger partial charge in [0, 0.05) is 11.6 Å². The van der Waals surface area contributed by atoms with Crippen LogP contribution < -0.4 is 4.74 Å². The fourth-order valence-corrected chi connectivity index (χ4v) is 0.949. The molecule has 0 spiro atoms. The van der Waals surface area contributed by atoms with E-state index in [1.54, 1.807) is 0 Å². The van der Waals surface area contributed by atoms with Gasteiger partial charge in [-0.1, -0.05) is 12.1 Å². The Labute approximate surface area is 82.4 Å². The number of para-hydroxylation sites is 1. The van der Waals surface area contributed by atoms with Crippen LogP contribution in [0.1, 0.15) is 5.56 Å². The molecule has 1 radical (unpaired) electrons. The molecule has 0 aliphatic heterocycles. The fourth-order valence-electron chi connectivity index (χ4n) is 0.949. The molecule has 0 saturated carbocycles. The second-order valence-electron chi connectivity index (χ2n) is 2.57. The predicted molar refractivity (Wildman–Crippen MR) is 44.2 cm³/mol. The predicted octanol–water partition coefficient (Wildman–Crippen LogP) is 2.68. The minimum Gasteiger partial charge on any atom is -0.398 e. The molecule has 1 rings (SSSR count). The Morgan fingerprint density at radius 2 is 2.00 bits per heavy atom. The largest absolute Gasteiger partial charge is 0.573 e. The average Bonchev–Trinajstić information content (AvgIpc) is 2.05. The SMILES string of the molecule is [CH2]c1cccc([N+](=O)[O-])c1OC(F)(F)F. The van der Waals surface area contributed by atoms with Gasteiger partial charge in [0.1, 0.15) is 0 Å². The molecule has 0 aromatic heterocycles. The minimum absolute atomic E-state index is 0.193. The molecule has 0 N–H and O–H groups in total. The lowest BCUT2D eigenvalue weighted by Crippen LogP contribution is -2.18. The molecule has 0 atom stereocenters. The molecule has 15 heavy (non-hydrogen) atoms. The molecular formula is C8H5F3NO3. The van der Waals surface area contributed by atoms with Gasteiger partial charge in [0.05, 0.1) is 4.92 Å². The Morgan fingerprint density at radius 1 is 1.40 bits per heavy atom. The third kappa shape index (κ3) is 2.83. The highest BCUT2D eigenvalue weighted by Gasteiger charge is 2.35. The zero-order valence-electron chi connectivity index (χ0n) is 7.25. The monoisotopic (exact) mass is 220 g/mol. The maximum Gasteiger partial charge on any atom is 0.573 e. The number of rotatable bonds is 2. The number of halogens is 3. The number of nitro benzene ring substituents is 1. The van der Waals surface area contributed by atoms with Gasteiger partial charge in [-0.3, -0.25) is 10.1 Å². The van der Waals surface area contributed by atoms with E-state index in [1.807, 2.05) is 0 Å². The zero-order valence-corrected chi connectivity index (χ0v) is 7.25. The molecule has 7 heteroatoms. The lowest BCUT2D eigenvalue weighted by Gasteiger charge is -2.10. The number of ether oxygens (including phenoxy) is 1. The van der Waals surface area contributed by atoms with E-state index in [4.69, 9.17) is 0 Å². The molecule has 1 aromatic rings. The smallest absolute Gasteiger partial charge is 0.398 e. The number of benzene rings is 1. The first-order valence-corrected chi connectivity index (χ1v) is 3.66. The zero-order chi connectivity index (χ0) is 11.6. The van der Waals surface area contributed by atoms with Crippen LogP contribution in [-0.2, 0) is 0 Å². The maximum absolute atomic E-state index is 11.9. The quantitative estimate of drug-likeness (QED) is 0.568. The topological polar surface area (TPSA) is 52.4 Å². The highest BCUT2D eigenvalue weighted by atomic mass is 19.4. The van der Waals surface area contributed by atoms with Crippen molar-refractivity contribution in [3.63, 3.8) is 0 Å². The summed E-state index contributed by atoms with van der Waals surface area (Å²) in [4.78, 5) is 9.43. The van der Waals surface area contributed by atoms with Crippen LogP contribution in [0.3, 0.4) is 0 Å². The Bertz CT molecular complexity index is 389. The van der Waals surface area contributed by atoms with Crippen molar-refractivity contribution in [2.75, 3.05) is 0 Å². The van der Waals surface area contributed by atoms with Gasteiger partial charge in [-0.25, -0.2) is 0 Å². The van der Waals surface area contributed by atoms with Gasteiger partial charge in [0.2, 0.25) is 5.75 Å². The average molecular weight is 220 g/mol. The van der Waals surface area contributed by atoms with Crippen molar-refractivity contribution in [2.45, 2.75) is 6.36 Å². The highest BCUT2D eigenvalue weighted by molar-refractivity contribution is 5.52. The van der Waals surface area contributed by atoms with Crippen LogP contribution in [0, 0.1) is 17.0 Å². The van der Waals surface area contributed by atoms with E-state index >= 15 is 0 Å². The third-order valence-electron chi connectivity index (χ3n) is 1.49. The van der Waals surface area contributed by atoms with Crippen LogP contribution in [-0.4, -0.2) is 11.3 Å². The molecule has 0 bridgehead atoms. The summed E-state index contributed by atoms with van der Waals surface area (Å²) >= 11 is 0. The number of hydrogen-bond donors (Lipinski definition) is 0. The first kappa shape index (κ1) is 11.3. The van der Waals surface area contributed by atoms with Crippen LogP contribution in [0.5, 0.6) is 5.75 Å². The summed E-state index contributed by atoms with van der Waals surface area (Å²) in [5, 5.41) is 10.4. The number of hydrogen-bond acceptors (Lipinski definition) is 3. The highest BCUT2D eigenvalue weighted by Crippen LogP contribution is 2.34. The summed E-state index contributed by atoms with van der Waals surface area (Å²) in [5.74, 6) is -0.880. The molecule has 0 aliphatic carbocycles.